The van der Waals surface area contributed by atoms with Crippen LogP contribution in [0.1, 0.15) is 47.6 Å². The molecule has 2 unspecified atom stereocenters. The minimum absolute atomic E-state index is 0.233. The van der Waals surface area contributed by atoms with Crippen LogP contribution in [0.4, 0.5) is 5.82 Å². The lowest BCUT2D eigenvalue weighted by Crippen LogP contribution is -2.50. The van der Waals surface area contributed by atoms with E-state index in [0.717, 1.165) is 47.4 Å². The third-order valence-electron chi connectivity index (χ3n) is 7.71. The van der Waals surface area contributed by atoms with Crippen LogP contribution in [-0.4, -0.2) is 54.4 Å². The van der Waals surface area contributed by atoms with Crippen LogP contribution in [0.5, 0.6) is 0 Å². The summed E-state index contributed by atoms with van der Waals surface area (Å²) < 4.78 is 3.99. The van der Waals surface area contributed by atoms with Gasteiger partial charge in [0.25, 0.3) is 5.91 Å². The first-order valence-electron chi connectivity index (χ1n) is 13.2. The van der Waals surface area contributed by atoms with Crippen molar-refractivity contribution in [3.05, 3.63) is 78.2 Å². The molecule has 2 atom stereocenters. The van der Waals surface area contributed by atoms with Crippen LogP contribution in [0, 0.1) is 0 Å². The smallest absolute Gasteiger partial charge is 0.257 e. The van der Waals surface area contributed by atoms with Gasteiger partial charge >= 0.3 is 0 Å². The van der Waals surface area contributed by atoms with Crippen LogP contribution in [0.2, 0.25) is 0 Å². The second-order valence-electron chi connectivity index (χ2n) is 10.4. The highest BCUT2D eigenvalue weighted by Crippen LogP contribution is 2.41. The normalized spacial score (nSPS) is 19.0. The first kappa shape index (κ1) is 22.9. The van der Waals surface area contributed by atoms with Crippen LogP contribution in [0.3, 0.4) is 0 Å². The molecule has 0 bridgehead atoms. The highest BCUT2D eigenvalue weighted by atomic mass is 16.3. The van der Waals surface area contributed by atoms with Crippen LogP contribution in [0.25, 0.3) is 27.9 Å². The first-order valence-corrected chi connectivity index (χ1v) is 13.2. The molecule has 9 heteroatoms. The van der Waals surface area contributed by atoms with E-state index in [1.165, 1.54) is 5.56 Å². The van der Waals surface area contributed by atoms with E-state index < -0.39 is 6.10 Å². The van der Waals surface area contributed by atoms with Crippen LogP contribution < -0.4 is 10.2 Å². The molecule has 2 aliphatic rings. The molecule has 7 rings (SSSR count). The summed E-state index contributed by atoms with van der Waals surface area (Å²) in [6.45, 7) is 0.667. The number of fused-ring (bicyclic) bond motifs is 2. The maximum absolute atomic E-state index is 13.3. The lowest BCUT2D eigenvalue weighted by molar-refractivity contribution is 0.0448. The molecule has 2 saturated carbocycles. The summed E-state index contributed by atoms with van der Waals surface area (Å²) in [7, 11) is 2.02. The molecule has 1 aromatic carbocycles. The van der Waals surface area contributed by atoms with Gasteiger partial charge < -0.3 is 19.9 Å². The van der Waals surface area contributed by atoms with Crippen LogP contribution >= 0.6 is 0 Å². The van der Waals surface area contributed by atoms with E-state index in [-0.39, 0.29) is 11.9 Å². The summed E-state index contributed by atoms with van der Waals surface area (Å²) in [5.41, 5.74) is 4.75. The summed E-state index contributed by atoms with van der Waals surface area (Å²) >= 11 is 0. The van der Waals surface area contributed by atoms with Crippen molar-refractivity contribution < 1.29 is 9.90 Å². The third kappa shape index (κ3) is 3.90. The molecule has 4 aromatic heterocycles. The van der Waals surface area contributed by atoms with Crippen molar-refractivity contribution >= 4 is 28.4 Å². The number of pyridine rings is 1. The number of nitrogens with one attached hydrogen (secondary N) is 1. The number of benzene rings is 1. The number of anilines is 1. The van der Waals surface area contributed by atoms with E-state index in [1.54, 1.807) is 10.7 Å². The number of amides is 1. The number of rotatable bonds is 7. The second-order valence-corrected chi connectivity index (χ2v) is 10.4. The average Bonchev–Trinajstić information content (AvgIpc) is 3.57. The Labute approximate surface area is 219 Å². The van der Waals surface area contributed by atoms with E-state index >= 15 is 0 Å². The summed E-state index contributed by atoms with van der Waals surface area (Å²) in [5, 5.41) is 18.6. The molecule has 192 valence electrons. The maximum atomic E-state index is 13.3. The molecule has 2 N–H and O–H groups in total. The van der Waals surface area contributed by atoms with Crippen molar-refractivity contribution in [2.75, 3.05) is 11.9 Å². The van der Waals surface area contributed by atoms with Gasteiger partial charge in [0.2, 0.25) is 0 Å². The zero-order chi connectivity index (χ0) is 25.8. The van der Waals surface area contributed by atoms with Crippen molar-refractivity contribution in [2.24, 2.45) is 0 Å². The predicted molar refractivity (Wildman–Crippen MR) is 145 cm³/mol. The average molecular weight is 508 g/mol. The van der Waals surface area contributed by atoms with Crippen molar-refractivity contribution in [1.29, 1.82) is 0 Å². The van der Waals surface area contributed by atoms with Gasteiger partial charge in [0.15, 0.2) is 5.65 Å². The number of hydrogen-bond acceptors (Lipinski definition) is 6. The summed E-state index contributed by atoms with van der Waals surface area (Å²) in [6.07, 6.45) is 8.82. The number of aliphatic hydroxyl groups is 1. The van der Waals surface area contributed by atoms with Crippen molar-refractivity contribution in [2.45, 2.75) is 50.4 Å². The number of hydrogen-bond donors (Lipinski definition) is 2. The predicted octanol–water partition coefficient (Wildman–Crippen LogP) is 3.97. The van der Waals surface area contributed by atoms with E-state index in [9.17, 15) is 9.90 Å². The highest BCUT2D eigenvalue weighted by Gasteiger charge is 2.32. The van der Waals surface area contributed by atoms with Gasteiger partial charge in [-0.1, -0.05) is 30.3 Å². The van der Waals surface area contributed by atoms with Gasteiger partial charge in [-0.2, -0.15) is 9.61 Å². The van der Waals surface area contributed by atoms with Gasteiger partial charge in [0.05, 0.1) is 24.0 Å². The molecule has 38 heavy (non-hydrogen) atoms. The number of nitrogens with zero attached hydrogens (tertiary/aromatic N) is 6. The molecule has 0 aliphatic heterocycles. The molecule has 2 aliphatic carbocycles. The second kappa shape index (κ2) is 8.95. The molecular weight excluding hydrogens is 478 g/mol. The third-order valence-corrected chi connectivity index (χ3v) is 7.71. The van der Waals surface area contributed by atoms with E-state index in [2.05, 4.69) is 49.3 Å². The van der Waals surface area contributed by atoms with Crippen LogP contribution in [-0.2, 0) is 6.54 Å². The summed E-state index contributed by atoms with van der Waals surface area (Å²) in [6, 6.07) is 16.6. The van der Waals surface area contributed by atoms with E-state index in [4.69, 9.17) is 4.98 Å². The Morgan fingerprint density at radius 2 is 1.95 bits per heavy atom. The fourth-order valence-electron chi connectivity index (χ4n) is 5.27. The van der Waals surface area contributed by atoms with Gasteiger partial charge in [-0.25, -0.2) is 9.97 Å². The molecular formula is C29H29N7O2. The highest BCUT2D eigenvalue weighted by molar-refractivity contribution is 6.01. The van der Waals surface area contributed by atoms with Gasteiger partial charge in [-0.05, 0) is 43.4 Å². The largest absolute Gasteiger partial charge is 0.391 e. The monoisotopic (exact) mass is 507 g/mol. The Kier molecular flexibility index (Phi) is 5.40. The lowest BCUT2D eigenvalue weighted by atomic mass is 9.89. The van der Waals surface area contributed by atoms with E-state index in [0.29, 0.717) is 30.2 Å². The Hall–Kier alpha value is -4.24. The summed E-state index contributed by atoms with van der Waals surface area (Å²) in [5.74, 6) is 0.555. The quantitative estimate of drug-likeness (QED) is 0.346. The van der Waals surface area contributed by atoms with Crippen molar-refractivity contribution in [3.63, 3.8) is 0 Å². The van der Waals surface area contributed by atoms with Gasteiger partial charge in [-0.3, -0.25) is 4.79 Å². The Balaban J connectivity index is 1.37. The number of carbonyl (C=O) groups excluding carboxylic acids is 1. The Bertz CT molecular complexity index is 1650. The Morgan fingerprint density at radius 3 is 2.68 bits per heavy atom. The van der Waals surface area contributed by atoms with E-state index in [1.807, 2.05) is 43.6 Å². The molecule has 1 amide bonds. The molecule has 9 nitrogen and oxygen atoms in total. The molecule has 4 heterocycles. The zero-order valence-corrected chi connectivity index (χ0v) is 21.2. The SMILES string of the molecule is CN(Cc1ccccc1)c1cc(-c2cn(C3CC3)c3ncccc23)nc2c(C(=O)NC3CCC3O)cnn12. The number of carbonyl (C=O) groups is 1. The number of aromatic nitrogens is 5. The molecule has 0 saturated heterocycles. The molecule has 0 spiro atoms. The van der Waals surface area contributed by atoms with Crippen LogP contribution in [0.15, 0.2) is 67.1 Å². The zero-order valence-electron chi connectivity index (χ0n) is 21.2. The molecule has 2 fully saturated rings. The maximum Gasteiger partial charge on any atom is 0.257 e. The number of aliphatic hydroxyl groups excluding tert-OH is 1. The molecule has 5 aromatic rings. The van der Waals surface area contributed by atoms with Crippen molar-refractivity contribution in [3.8, 4) is 11.3 Å². The van der Waals surface area contributed by atoms with Gasteiger partial charge in [0, 0.05) is 49.0 Å². The fourth-order valence-corrected chi connectivity index (χ4v) is 5.27. The summed E-state index contributed by atoms with van der Waals surface area (Å²) in [4.78, 5) is 25.1. The fraction of sp³-hybridized carbons (Fsp3) is 0.310. The lowest BCUT2D eigenvalue weighted by Gasteiger charge is -2.32. The van der Waals surface area contributed by atoms with Gasteiger partial charge in [-0.15, -0.1) is 0 Å². The topological polar surface area (TPSA) is 101 Å². The van der Waals surface area contributed by atoms with Crippen molar-refractivity contribution in [1.82, 2.24) is 29.5 Å². The minimum atomic E-state index is -0.502. The Morgan fingerprint density at radius 1 is 1.11 bits per heavy atom. The minimum Gasteiger partial charge on any atom is -0.391 e. The first-order chi connectivity index (χ1) is 18.6. The van der Waals surface area contributed by atoms with Gasteiger partial charge in [0.1, 0.15) is 17.0 Å². The standard InChI is InChI=1S/C29H29N7O2/c1-34(16-18-6-3-2-4-7-18)26-14-24(22-17-35(19-9-10-19)27-20(22)8-5-13-30-27)32-28-21(15-31-36(26)28)29(38)33-23-11-12-25(23)37/h2-8,13-15,17,19,23,25,37H,9-12,16H2,1H3,(H,33,38). The molecule has 0 radical (unpaired) electrons.